The van der Waals surface area contributed by atoms with Crippen LogP contribution < -0.4 is 5.32 Å². The SMILES string of the molecule is CCC(NC(=O)N(C)CCc1cccs1)c1c(C)nn(C)c1C. The minimum atomic E-state index is -0.0314. The van der Waals surface area contributed by atoms with E-state index in [0.717, 1.165) is 29.8 Å². The number of hydrogen-bond donors (Lipinski definition) is 1. The molecule has 1 N–H and O–H groups in total. The molecule has 2 heterocycles. The first kappa shape index (κ1) is 17.5. The van der Waals surface area contributed by atoms with Crippen molar-refractivity contribution in [2.45, 2.75) is 39.7 Å². The van der Waals surface area contributed by atoms with Gasteiger partial charge in [-0.2, -0.15) is 5.10 Å². The van der Waals surface area contributed by atoms with Crippen LogP contribution in [0.5, 0.6) is 0 Å². The summed E-state index contributed by atoms with van der Waals surface area (Å²) in [7, 11) is 3.78. The minimum Gasteiger partial charge on any atom is -0.331 e. The molecule has 0 aromatic carbocycles. The Kier molecular flexibility index (Phi) is 5.82. The molecule has 2 aromatic rings. The fourth-order valence-electron chi connectivity index (χ4n) is 2.77. The van der Waals surface area contributed by atoms with Crippen LogP contribution in [0, 0.1) is 13.8 Å². The maximum atomic E-state index is 12.5. The number of nitrogens with one attached hydrogen (secondary N) is 1. The van der Waals surface area contributed by atoms with E-state index < -0.39 is 0 Å². The normalized spacial score (nSPS) is 12.2. The number of thiophene rings is 1. The van der Waals surface area contributed by atoms with Crippen LogP contribution in [-0.2, 0) is 13.5 Å². The van der Waals surface area contributed by atoms with Gasteiger partial charge in [-0.15, -0.1) is 11.3 Å². The van der Waals surface area contributed by atoms with Gasteiger partial charge in [-0.1, -0.05) is 13.0 Å². The fourth-order valence-corrected chi connectivity index (χ4v) is 3.46. The van der Waals surface area contributed by atoms with Crippen molar-refractivity contribution < 1.29 is 4.79 Å². The third kappa shape index (κ3) is 4.13. The Bertz CT molecular complexity index is 648. The molecule has 2 rings (SSSR count). The van der Waals surface area contributed by atoms with Crippen molar-refractivity contribution in [2.75, 3.05) is 13.6 Å². The predicted molar refractivity (Wildman–Crippen MR) is 94.9 cm³/mol. The fraction of sp³-hybridized carbons (Fsp3) is 0.529. The van der Waals surface area contributed by atoms with Crippen LogP contribution in [0.2, 0.25) is 0 Å². The van der Waals surface area contributed by atoms with E-state index >= 15 is 0 Å². The molecule has 0 bridgehead atoms. The van der Waals surface area contributed by atoms with Gasteiger partial charge < -0.3 is 10.2 Å². The van der Waals surface area contributed by atoms with Crippen molar-refractivity contribution in [1.29, 1.82) is 0 Å². The van der Waals surface area contributed by atoms with E-state index in [0.29, 0.717) is 6.54 Å². The lowest BCUT2D eigenvalue weighted by atomic mass is 10.0. The third-order valence-corrected chi connectivity index (χ3v) is 5.18. The average Bonchev–Trinajstić information content (AvgIpc) is 3.12. The zero-order valence-corrected chi connectivity index (χ0v) is 15.4. The van der Waals surface area contributed by atoms with Crippen molar-refractivity contribution in [2.24, 2.45) is 7.05 Å². The molecule has 1 unspecified atom stereocenters. The van der Waals surface area contributed by atoms with E-state index in [9.17, 15) is 4.79 Å². The molecule has 0 saturated heterocycles. The number of urea groups is 1. The van der Waals surface area contributed by atoms with Crippen molar-refractivity contribution in [3.63, 3.8) is 0 Å². The summed E-state index contributed by atoms with van der Waals surface area (Å²) in [4.78, 5) is 15.5. The van der Waals surface area contributed by atoms with Gasteiger partial charge in [0.15, 0.2) is 0 Å². The maximum absolute atomic E-state index is 12.5. The number of carbonyl (C=O) groups excluding carboxylic acids is 1. The molecule has 2 amide bonds. The topological polar surface area (TPSA) is 50.2 Å². The molecule has 0 aliphatic heterocycles. The maximum Gasteiger partial charge on any atom is 0.317 e. The Morgan fingerprint density at radius 1 is 1.48 bits per heavy atom. The van der Waals surface area contributed by atoms with Crippen LogP contribution in [0.3, 0.4) is 0 Å². The van der Waals surface area contributed by atoms with Crippen LogP contribution >= 0.6 is 11.3 Å². The van der Waals surface area contributed by atoms with Crippen LogP contribution in [0.4, 0.5) is 4.79 Å². The van der Waals surface area contributed by atoms with Crippen molar-refractivity contribution in [1.82, 2.24) is 20.0 Å². The van der Waals surface area contributed by atoms with Gasteiger partial charge in [0, 0.05) is 36.8 Å². The molecule has 5 nitrogen and oxygen atoms in total. The second-order valence-electron chi connectivity index (χ2n) is 5.87. The van der Waals surface area contributed by atoms with Gasteiger partial charge in [-0.25, -0.2) is 4.79 Å². The summed E-state index contributed by atoms with van der Waals surface area (Å²) in [5.74, 6) is 0. The molecular weight excluding hydrogens is 308 g/mol. The van der Waals surface area contributed by atoms with Crippen molar-refractivity contribution in [3.05, 3.63) is 39.3 Å². The van der Waals surface area contributed by atoms with Crippen LogP contribution in [0.25, 0.3) is 0 Å². The lowest BCUT2D eigenvalue weighted by Gasteiger charge is -2.23. The van der Waals surface area contributed by atoms with Gasteiger partial charge >= 0.3 is 6.03 Å². The lowest BCUT2D eigenvalue weighted by Crippen LogP contribution is -2.40. The molecular formula is C17H26N4OS. The van der Waals surface area contributed by atoms with Crippen molar-refractivity contribution in [3.8, 4) is 0 Å². The van der Waals surface area contributed by atoms with Gasteiger partial charge in [0.1, 0.15) is 0 Å². The highest BCUT2D eigenvalue weighted by molar-refractivity contribution is 7.09. The van der Waals surface area contributed by atoms with E-state index in [1.165, 1.54) is 4.88 Å². The molecule has 126 valence electrons. The highest BCUT2D eigenvalue weighted by atomic mass is 32.1. The summed E-state index contributed by atoms with van der Waals surface area (Å²) in [6.07, 6.45) is 1.74. The highest BCUT2D eigenvalue weighted by Crippen LogP contribution is 2.23. The summed E-state index contributed by atoms with van der Waals surface area (Å²) in [5.41, 5.74) is 3.23. The summed E-state index contributed by atoms with van der Waals surface area (Å²) in [6, 6.07) is 4.12. The van der Waals surface area contributed by atoms with Gasteiger partial charge in [-0.3, -0.25) is 4.68 Å². The quantitative estimate of drug-likeness (QED) is 0.880. The Morgan fingerprint density at radius 3 is 2.74 bits per heavy atom. The monoisotopic (exact) mass is 334 g/mol. The number of carbonyl (C=O) groups is 1. The minimum absolute atomic E-state index is 0.000359. The lowest BCUT2D eigenvalue weighted by molar-refractivity contribution is 0.204. The zero-order valence-electron chi connectivity index (χ0n) is 14.6. The molecule has 0 radical (unpaired) electrons. The van der Waals surface area contributed by atoms with Crippen LogP contribution in [0.15, 0.2) is 17.5 Å². The summed E-state index contributed by atoms with van der Waals surface area (Å²) in [5, 5.41) is 9.67. The van der Waals surface area contributed by atoms with Crippen LogP contribution in [-0.4, -0.2) is 34.3 Å². The summed E-state index contributed by atoms with van der Waals surface area (Å²) >= 11 is 1.73. The van der Waals surface area contributed by atoms with E-state index in [2.05, 4.69) is 28.8 Å². The standard InChI is InChI=1S/C17H26N4OS/c1-6-15(16-12(2)19-21(5)13(16)3)18-17(22)20(4)10-9-14-8-7-11-23-14/h7-8,11,15H,6,9-10H2,1-5H3,(H,18,22). The molecule has 0 aliphatic carbocycles. The molecule has 0 saturated carbocycles. The molecule has 0 fully saturated rings. The Hall–Kier alpha value is -1.82. The molecule has 2 aromatic heterocycles. The first-order chi connectivity index (χ1) is 10.9. The van der Waals surface area contributed by atoms with Gasteiger partial charge in [-0.05, 0) is 38.1 Å². The summed E-state index contributed by atoms with van der Waals surface area (Å²) in [6.45, 7) is 6.85. The first-order valence-electron chi connectivity index (χ1n) is 7.98. The Labute approximate surface area is 142 Å². The van der Waals surface area contributed by atoms with Gasteiger partial charge in [0.2, 0.25) is 0 Å². The number of rotatable bonds is 6. The largest absolute Gasteiger partial charge is 0.331 e. The highest BCUT2D eigenvalue weighted by Gasteiger charge is 2.21. The van der Waals surface area contributed by atoms with E-state index in [-0.39, 0.29) is 12.1 Å². The van der Waals surface area contributed by atoms with E-state index in [1.54, 1.807) is 16.2 Å². The Balaban J connectivity index is 1.98. The van der Waals surface area contributed by atoms with E-state index in [1.807, 2.05) is 38.7 Å². The summed E-state index contributed by atoms with van der Waals surface area (Å²) < 4.78 is 1.87. The zero-order chi connectivity index (χ0) is 17.0. The second kappa shape index (κ2) is 7.64. The Morgan fingerprint density at radius 2 is 2.22 bits per heavy atom. The van der Waals surface area contributed by atoms with Gasteiger partial charge in [0.05, 0.1) is 11.7 Å². The molecule has 0 aliphatic rings. The van der Waals surface area contributed by atoms with Crippen LogP contribution in [0.1, 0.15) is 41.2 Å². The number of aromatic nitrogens is 2. The second-order valence-corrected chi connectivity index (χ2v) is 6.90. The van der Waals surface area contributed by atoms with Crippen molar-refractivity contribution >= 4 is 17.4 Å². The molecule has 0 spiro atoms. The van der Waals surface area contributed by atoms with E-state index in [4.69, 9.17) is 0 Å². The smallest absolute Gasteiger partial charge is 0.317 e. The average molecular weight is 334 g/mol. The number of amides is 2. The first-order valence-corrected chi connectivity index (χ1v) is 8.86. The number of nitrogens with zero attached hydrogens (tertiary/aromatic N) is 3. The predicted octanol–water partition coefficient (Wildman–Crippen LogP) is 3.43. The molecule has 23 heavy (non-hydrogen) atoms. The third-order valence-electron chi connectivity index (χ3n) is 4.24. The molecule has 1 atom stereocenters. The molecule has 6 heteroatoms. The number of aryl methyl sites for hydroxylation is 2. The number of hydrogen-bond acceptors (Lipinski definition) is 3. The van der Waals surface area contributed by atoms with Gasteiger partial charge in [0.25, 0.3) is 0 Å². The number of likely N-dealkylation sites (N-methyl/N-ethyl adjacent to an activating group) is 1.